The van der Waals surface area contributed by atoms with E-state index in [4.69, 9.17) is 0 Å². The van der Waals surface area contributed by atoms with Gasteiger partial charge >= 0.3 is 0 Å². The average Bonchev–Trinajstić information content (AvgIpc) is 2.28. The van der Waals surface area contributed by atoms with Crippen LogP contribution in [0.25, 0.3) is 0 Å². The molecule has 2 unspecified atom stereocenters. The molecule has 2 atom stereocenters. The largest absolute Gasteiger partial charge is 0.389 e. The molecule has 1 fully saturated rings. The van der Waals surface area contributed by atoms with E-state index in [0.29, 0.717) is 18.4 Å². The zero-order valence-electron chi connectivity index (χ0n) is 9.84. The Morgan fingerprint density at radius 3 is 3.06 bits per heavy atom. The molecule has 4 heteroatoms. The zero-order valence-corrected chi connectivity index (χ0v) is 11.4. The van der Waals surface area contributed by atoms with Crippen molar-refractivity contribution < 1.29 is 9.50 Å². The summed E-state index contributed by atoms with van der Waals surface area (Å²) in [7, 11) is 0. The van der Waals surface area contributed by atoms with Crippen molar-refractivity contribution in [2.45, 2.75) is 25.4 Å². The highest BCUT2D eigenvalue weighted by molar-refractivity contribution is 9.10. The highest BCUT2D eigenvalue weighted by Gasteiger charge is 2.36. The number of nitrogens with one attached hydrogen (secondary N) is 1. The van der Waals surface area contributed by atoms with Crippen molar-refractivity contribution in [2.24, 2.45) is 5.92 Å². The summed E-state index contributed by atoms with van der Waals surface area (Å²) in [4.78, 5) is 0. The zero-order chi connectivity index (χ0) is 12.5. The van der Waals surface area contributed by atoms with Crippen molar-refractivity contribution in [1.29, 1.82) is 0 Å². The second kappa shape index (κ2) is 5.04. The van der Waals surface area contributed by atoms with Crippen molar-refractivity contribution in [3.05, 3.63) is 34.1 Å². The van der Waals surface area contributed by atoms with Gasteiger partial charge in [-0.25, -0.2) is 4.39 Å². The fourth-order valence-electron chi connectivity index (χ4n) is 2.33. The Morgan fingerprint density at radius 1 is 1.59 bits per heavy atom. The van der Waals surface area contributed by atoms with E-state index >= 15 is 0 Å². The highest BCUT2D eigenvalue weighted by atomic mass is 79.9. The third kappa shape index (κ3) is 2.87. The van der Waals surface area contributed by atoms with Crippen LogP contribution in [0.5, 0.6) is 0 Å². The lowest BCUT2D eigenvalue weighted by atomic mass is 9.78. The summed E-state index contributed by atoms with van der Waals surface area (Å²) in [6.45, 7) is 3.57. The fraction of sp³-hybridized carbons (Fsp3) is 0.538. The summed E-state index contributed by atoms with van der Waals surface area (Å²) in [5.41, 5.74) is -0.219. The molecule has 0 aromatic heterocycles. The van der Waals surface area contributed by atoms with E-state index in [1.807, 2.05) is 6.92 Å². The lowest BCUT2D eigenvalue weighted by molar-refractivity contribution is -0.0335. The molecule has 0 amide bonds. The normalized spacial score (nSPS) is 29.3. The monoisotopic (exact) mass is 301 g/mol. The van der Waals surface area contributed by atoms with Gasteiger partial charge in [0.2, 0.25) is 0 Å². The van der Waals surface area contributed by atoms with Crippen molar-refractivity contribution in [2.75, 3.05) is 13.1 Å². The van der Waals surface area contributed by atoms with Crippen LogP contribution in [-0.2, 0) is 6.42 Å². The van der Waals surface area contributed by atoms with E-state index in [1.165, 1.54) is 6.07 Å². The van der Waals surface area contributed by atoms with Crippen molar-refractivity contribution >= 4 is 15.9 Å². The van der Waals surface area contributed by atoms with Gasteiger partial charge in [0.15, 0.2) is 0 Å². The number of piperidine rings is 1. The molecule has 94 valence electrons. The quantitative estimate of drug-likeness (QED) is 0.880. The fourth-order valence-corrected chi connectivity index (χ4v) is 2.74. The van der Waals surface area contributed by atoms with Gasteiger partial charge in [-0.3, -0.25) is 0 Å². The van der Waals surface area contributed by atoms with Crippen LogP contribution in [0.4, 0.5) is 4.39 Å². The number of halogens is 2. The Hall–Kier alpha value is -0.450. The van der Waals surface area contributed by atoms with E-state index in [-0.39, 0.29) is 11.7 Å². The number of rotatable bonds is 2. The lowest BCUT2D eigenvalue weighted by Crippen LogP contribution is -2.50. The van der Waals surface area contributed by atoms with Crippen molar-refractivity contribution in [1.82, 2.24) is 5.32 Å². The first-order valence-electron chi connectivity index (χ1n) is 5.88. The molecule has 1 saturated heterocycles. The van der Waals surface area contributed by atoms with Gasteiger partial charge in [0, 0.05) is 17.4 Å². The molecule has 1 aliphatic rings. The van der Waals surface area contributed by atoms with Gasteiger partial charge in [0.25, 0.3) is 0 Å². The maximum Gasteiger partial charge on any atom is 0.126 e. The number of hydrogen-bond acceptors (Lipinski definition) is 2. The van der Waals surface area contributed by atoms with Gasteiger partial charge in [-0.15, -0.1) is 0 Å². The molecule has 0 spiro atoms. The molecule has 2 rings (SSSR count). The molecule has 0 bridgehead atoms. The van der Waals surface area contributed by atoms with Gasteiger partial charge < -0.3 is 10.4 Å². The first-order valence-corrected chi connectivity index (χ1v) is 6.67. The molecule has 1 heterocycles. The van der Waals surface area contributed by atoms with Crippen LogP contribution in [-0.4, -0.2) is 23.8 Å². The molecule has 2 N–H and O–H groups in total. The minimum absolute atomic E-state index is 0.134. The third-order valence-electron chi connectivity index (χ3n) is 3.61. The maximum absolute atomic E-state index is 13.7. The van der Waals surface area contributed by atoms with Gasteiger partial charge in [0.1, 0.15) is 5.82 Å². The predicted octanol–water partition coefficient (Wildman–Crippen LogP) is 2.49. The number of hydrogen-bond donors (Lipinski definition) is 2. The van der Waals surface area contributed by atoms with Crippen molar-refractivity contribution in [3.8, 4) is 0 Å². The van der Waals surface area contributed by atoms with Crippen LogP contribution < -0.4 is 5.32 Å². The standard InChI is InChI=1S/C13H17BrFNO/c1-9-8-16-5-4-13(9,17)7-10-6-11(14)2-3-12(10)15/h2-3,6,9,16-17H,4-5,7-8H2,1H3. The summed E-state index contributed by atoms with van der Waals surface area (Å²) in [6, 6.07) is 4.87. The summed E-state index contributed by atoms with van der Waals surface area (Å²) < 4.78 is 14.5. The summed E-state index contributed by atoms with van der Waals surface area (Å²) in [5.74, 6) is -0.109. The van der Waals surface area contributed by atoms with E-state index in [9.17, 15) is 9.50 Å². The minimum Gasteiger partial charge on any atom is -0.389 e. The Bertz CT molecular complexity index is 412. The van der Waals surface area contributed by atoms with Gasteiger partial charge in [0.05, 0.1) is 5.60 Å². The molecule has 17 heavy (non-hydrogen) atoms. The van der Waals surface area contributed by atoms with Crippen molar-refractivity contribution in [3.63, 3.8) is 0 Å². The SMILES string of the molecule is CC1CNCCC1(O)Cc1cc(Br)ccc1F. The number of aliphatic hydroxyl groups is 1. The Balaban J connectivity index is 2.21. The first-order chi connectivity index (χ1) is 8.01. The lowest BCUT2D eigenvalue weighted by Gasteiger charge is -2.38. The molecule has 0 radical (unpaired) electrons. The molecular weight excluding hydrogens is 285 g/mol. The molecule has 1 aromatic carbocycles. The van der Waals surface area contributed by atoms with Crippen LogP contribution in [0.2, 0.25) is 0 Å². The summed E-state index contributed by atoms with van der Waals surface area (Å²) >= 11 is 3.33. The van der Waals surface area contributed by atoms with Crippen LogP contribution in [0.1, 0.15) is 18.9 Å². The Kier molecular flexibility index (Phi) is 3.85. The van der Waals surface area contributed by atoms with Crippen LogP contribution in [0.3, 0.4) is 0 Å². The molecule has 0 aliphatic carbocycles. The van der Waals surface area contributed by atoms with Crippen LogP contribution in [0.15, 0.2) is 22.7 Å². The first kappa shape index (κ1) is 13.0. The second-order valence-electron chi connectivity index (χ2n) is 4.87. The molecule has 1 aromatic rings. The molecule has 2 nitrogen and oxygen atoms in total. The summed E-state index contributed by atoms with van der Waals surface area (Å²) in [5, 5.41) is 13.8. The van der Waals surface area contributed by atoms with Crippen LogP contribution in [0, 0.1) is 11.7 Å². The van der Waals surface area contributed by atoms with E-state index in [0.717, 1.165) is 17.6 Å². The molecule has 0 saturated carbocycles. The Labute approximate surface area is 109 Å². The average molecular weight is 302 g/mol. The minimum atomic E-state index is -0.799. The number of benzene rings is 1. The second-order valence-corrected chi connectivity index (χ2v) is 5.79. The summed E-state index contributed by atoms with van der Waals surface area (Å²) in [6.07, 6.45) is 1.04. The Morgan fingerprint density at radius 2 is 2.35 bits per heavy atom. The molecule has 1 aliphatic heterocycles. The van der Waals surface area contributed by atoms with Crippen LogP contribution >= 0.6 is 15.9 Å². The predicted molar refractivity (Wildman–Crippen MR) is 69.4 cm³/mol. The van der Waals surface area contributed by atoms with E-state index < -0.39 is 5.60 Å². The topological polar surface area (TPSA) is 32.3 Å². The maximum atomic E-state index is 13.7. The smallest absolute Gasteiger partial charge is 0.126 e. The van der Waals surface area contributed by atoms with Gasteiger partial charge in [-0.1, -0.05) is 22.9 Å². The highest BCUT2D eigenvalue weighted by Crippen LogP contribution is 2.30. The van der Waals surface area contributed by atoms with E-state index in [1.54, 1.807) is 12.1 Å². The van der Waals surface area contributed by atoms with Gasteiger partial charge in [-0.05, 0) is 42.6 Å². The third-order valence-corrected chi connectivity index (χ3v) is 4.10. The van der Waals surface area contributed by atoms with Gasteiger partial charge in [-0.2, -0.15) is 0 Å². The van der Waals surface area contributed by atoms with E-state index in [2.05, 4.69) is 21.2 Å². The molecular formula is C13H17BrFNO.